The van der Waals surface area contributed by atoms with Crippen molar-refractivity contribution >= 4 is 10.0 Å². The van der Waals surface area contributed by atoms with E-state index in [1.54, 1.807) is 0 Å². The summed E-state index contributed by atoms with van der Waals surface area (Å²) in [6.45, 7) is -0.907. The van der Waals surface area contributed by atoms with Crippen LogP contribution < -0.4 is 5.73 Å². The molecule has 0 heterocycles. The summed E-state index contributed by atoms with van der Waals surface area (Å²) in [6, 6.07) is 2.74. The van der Waals surface area contributed by atoms with E-state index in [0.717, 1.165) is 18.2 Å². The molecule has 1 aromatic rings. The number of hydrogen-bond acceptors (Lipinski definition) is 3. The zero-order chi connectivity index (χ0) is 15.6. The predicted molar refractivity (Wildman–Crippen MR) is 64.8 cm³/mol. The SMILES string of the molecule is CCN(CC(F)(F)F)S(=O)(=O)c1ccc(F)c(CN)c1. The third-order valence-electron chi connectivity index (χ3n) is 2.58. The van der Waals surface area contributed by atoms with Crippen LogP contribution in [0.2, 0.25) is 0 Å². The molecule has 0 aromatic heterocycles. The lowest BCUT2D eigenvalue weighted by Gasteiger charge is -2.22. The molecule has 0 saturated carbocycles. The highest BCUT2D eigenvalue weighted by molar-refractivity contribution is 7.89. The normalized spacial score (nSPS) is 12.9. The van der Waals surface area contributed by atoms with Crippen LogP contribution in [0.3, 0.4) is 0 Å². The minimum Gasteiger partial charge on any atom is -0.326 e. The number of rotatable bonds is 5. The number of halogens is 4. The van der Waals surface area contributed by atoms with E-state index in [1.165, 1.54) is 6.92 Å². The Bertz CT molecular complexity index is 572. The van der Waals surface area contributed by atoms with Crippen molar-refractivity contribution in [1.29, 1.82) is 0 Å². The van der Waals surface area contributed by atoms with Gasteiger partial charge in [0.05, 0.1) is 4.90 Å². The van der Waals surface area contributed by atoms with Gasteiger partial charge in [0.2, 0.25) is 10.0 Å². The molecule has 0 amide bonds. The molecule has 2 N–H and O–H groups in total. The molecule has 0 atom stereocenters. The maximum Gasteiger partial charge on any atom is 0.402 e. The molecule has 0 aliphatic carbocycles. The van der Waals surface area contributed by atoms with Crippen LogP contribution in [-0.2, 0) is 16.6 Å². The minimum absolute atomic E-state index is 0.0749. The van der Waals surface area contributed by atoms with Crippen molar-refractivity contribution in [1.82, 2.24) is 4.31 Å². The third kappa shape index (κ3) is 3.90. The van der Waals surface area contributed by atoms with Crippen LogP contribution >= 0.6 is 0 Å². The molecule has 0 bridgehead atoms. The maximum absolute atomic E-state index is 13.2. The van der Waals surface area contributed by atoms with Gasteiger partial charge >= 0.3 is 6.18 Å². The van der Waals surface area contributed by atoms with Gasteiger partial charge in [-0.2, -0.15) is 17.5 Å². The lowest BCUT2D eigenvalue weighted by Crippen LogP contribution is -2.38. The third-order valence-corrected chi connectivity index (χ3v) is 4.50. The lowest BCUT2D eigenvalue weighted by molar-refractivity contribution is -0.135. The van der Waals surface area contributed by atoms with Gasteiger partial charge in [-0.05, 0) is 18.2 Å². The fourth-order valence-corrected chi connectivity index (χ4v) is 3.07. The standard InChI is InChI=1S/C11H14F4N2O2S/c1-2-17(7-11(13,14)15)20(18,19)9-3-4-10(12)8(5-9)6-16/h3-5H,2,6-7,16H2,1H3. The van der Waals surface area contributed by atoms with E-state index >= 15 is 0 Å². The smallest absolute Gasteiger partial charge is 0.326 e. The van der Waals surface area contributed by atoms with Gasteiger partial charge in [-0.25, -0.2) is 12.8 Å². The molecule has 0 spiro atoms. The average Bonchev–Trinajstić information content (AvgIpc) is 2.35. The van der Waals surface area contributed by atoms with Crippen molar-refractivity contribution < 1.29 is 26.0 Å². The van der Waals surface area contributed by atoms with Crippen molar-refractivity contribution in [2.45, 2.75) is 24.5 Å². The van der Waals surface area contributed by atoms with E-state index in [-0.39, 0.29) is 23.0 Å². The Hall–Kier alpha value is -1.19. The number of sulfonamides is 1. The van der Waals surface area contributed by atoms with Crippen molar-refractivity contribution in [3.8, 4) is 0 Å². The van der Waals surface area contributed by atoms with E-state index < -0.39 is 33.5 Å². The molecule has 0 radical (unpaired) electrons. The number of benzene rings is 1. The Labute approximate surface area is 114 Å². The molecular formula is C11H14F4N2O2S. The van der Waals surface area contributed by atoms with Crippen molar-refractivity contribution in [2.75, 3.05) is 13.1 Å². The number of nitrogens with two attached hydrogens (primary N) is 1. The van der Waals surface area contributed by atoms with Crippen molar-refractivity contribution in [3.63, 3.8) is 0 Å². The molecule has 0 saturated heterocycles. The molecule has 4 nitrogen and oxygen atoms in total. The zero-order valence-corrected chi connectivity index (χ0v) is 11.4. The van der Waals surface area contributed by atoms with E-state index in [4.69, 9.17) is 5.73 Å². The summed E-state index contributed by atoms with van der Waals surface area (Å²) in [4.78, 5) is -0.412. The Balaban J connectivity index is 3.20. The topological polar surface area (TPSA) is 63.4 Å². The number of hydrogen-bond donors (Lipinski definition) is 1. The van der Waals surface area contributed by atoms with E-state index in [1.807, 2.05) is 0 Å². The Kier molecular flexibility index (Phi) is 5.11. The molecule has 114 valence electrons. The largest absolute Gasteiger partial charge is 0.402 e. The van der Waals surface area contributed by atoms with Crippen molar-refractivity contribution in [3.05, 3.63) is 29.6 Å². The van der Waals surface area contributed by atoms with Gasteiger partial charge in [-0.15, -0.1) is 0 Å². The second-order valence-electron chi connectivity index (χ2n) is 4.00. The van der Waals surface area contributed by atoms with Crippen LogP contribution in [-0.4, -0.2) is 32.0 Å². The molecule has 1 aromatic carbocycles. The van der Waals surface area contributed by atoms with Crippen LogP contribution in [0.15, 0.2) is 23.1 Å². The summed E-state index contributed by atoms with van der Waals surface area (Å²) in [5, 5.41) is 0. The zero-order valence-electron chi connectivity index (χ0n) is 10.6. The molecule has 9 heteroatoms. The van der Waals surface area contributed by atoms with Gasteiger partial charge in [-0.3, -0.25) is 0 Å². The predicted octanol–water partition coefficient (Wildman–Crippen LogP) is 1.86. The Morgan fingerprint density at radius 2 is 1.90 bits per heavy atom. The van der Waals surface area contributed by atoms with E-state index in [2.05, 4.69) is 0 Å². The fourth-order valence-electron chi connectivity index (χ4n) is 1.58. The molecule has 0 aliphatic rings. The summed E-state index contributed by atoms with van der Waals surface area (Å²) >= 11 is 0. The first-order valence-corrected chi connectivity index (χ1v) is 7.11. The summed E-state index contributed by atoms with van der Waals surface area (Å²) in [5.41, 5.74) is 5.17. The first kappa shape index (κ1) is 16.9. The fraction of sp³-hybridized carbons (Fsp3) is 0.455. The van der Waals surface area contributed by atoms with Gasteiger partial charge in [0.1, 0.15) is 12.4 Å². The minimum atomic E-state index is -4.65. The molecular weight excluding hydrogens is 300 g/mol. The first-order valence-electron chi connectivity index (χ1n) is 5.67. The summed E-state index contributed by atoms with van der Waals surface area (Å²) in [5.74, 6) is -0.703. The maximum atomic E-state index is 13.2. The van der Waals surface area contributed by atoms with E-state index in [9.17, 15) is 26.0 Å². The van der Waals surface area contributed by atoms with Crippen LogP contribution in [0.1, 0.15) is 12.5 Å². The highest BCUT2D eigenvalue weighted by atomic mass is 32.2. The summed E-state index contributed by atoms with van der Waals surface area (Å²) < 4.78 is 74.8. The molecule has 0 unspecified atom stereocenters. The Morgan fingerprint density at radius 1 is 1.30 bits per heavy atom. The summed E-state index contributed by atoms with van der Waals surface area (Å²) in [7, 11) is -4.34. The molecule has 1 rings (SSSR count). The first-order chi connectivity index (χ1) is 9.11. The highest BCUT2D eigenvalue weighted by Gasteiger charge is 2.36. The molecule has 0 fully saturated rings. The van der Waals surface area contributed by atoms with Crippen LogP contribution in [0.25, 0.3) is 0 Å². The van der Waals surface area contributed by atoms with Crippen LogP contribution in [0, 0.1) is 5.82 Å². The van der Waals surface area contributed by atoms with Crippen LogP contribution in [0.5, 0.6) is 0 Å². The molecule has 20 heavy (non-hydrogen) atoms. The molecule has 0 aliphatic heterocycles. The number of nitrogens with zero attached hydrogens (tertiary/aromatic N) is 1. The van der Waals surface area contributed by atoms with Gasteiger partial charge in [0.25, 0.3) is 0 Å². The monoisotopic (exact) mass is 314 g/mol. The quantitative estimate of drug-likeness (QED) is 0.844. The summed E-state index contributed by atoms with van der Waals surface area (Å²) in [6.07, 6.45) is -4.65. The Morgan fingerprint density at radius 3 is 2.35 bits per heavy atom. The van der Waals surface area contributed by atoms with Crippen LogP contribution in [0.4, 0.5) is 17.6 Å². The number of alkyl halides is 3. The second-order valence-corrected chi connectivity index (χ2v) is 5.94. The van der Waals surface area contributed by atoms with E-state index in [0.29, 0.717) is 0 Å². The average molecular weight is 314 g/mol. The van der Waals surface area contributed by atoms with Gasteiger partial charge in [0, 0.05) is 18.7 Å². The van der Waals surface area contributed by atoms with Crippen molar-refractivity contribution in [2.24, 2.45) is 5.73 Å². The highest BCUT2D eigenvalue weighted by Crippen LogP contribution is 2.23. The van der Waals surface area contributed by atoms with Gasteiger partial charge in [-0.1, -0.05) is 6.92 Å². The van der Waals surface area contributed by atoms with Gasteiger partial charge < -0.3 is 5.73 Å². The lowest BCUT2D eigenvalue weighted by atomic mass is 10.2. The van der Waals surface area contributed by atoms with Gasteiger partial charge in [0.15, 0.2) is 0 Å². The second kappa shape index (κ2) is 6.06.